The number of aromatic amines is 1. The number of carboxylic acid groups (broad SMARTS) is 1. The SMILES string of the molecule is O=C(O)N1CCN(Cc2nn[nH]n2)CC1. The quantitative estimate of drug-likeness (QED) is 0.652. The largest absolute Gasteiger partial charge is 0.465 e. The van der Waals surface area contributed by atoms with Gasteiger partial charge in [-0.15, -0.1) is 10.2 Å². The molecule has 1 aliphatic rings. The van der Waals surface area contributed by atoms with E-state index in [1.165, 1.54) is 4.90 Å². The number of nitrogens with one attached hydrogen (secondary N) is 1. The predicted molar refractivity (Wildman–Crippen MR) is 49.1 cm³/mol. The summed E-state index contributed by atoms with van der Waals surface area (Å²) in [5.41, 5.74) is 0. The third-order valence-electron chi connectivity index (χ3n) is 2.40. The number of piperazine rings is 1. The fourth-order valence-corrected chi connectivity index (χ4v) is 1.55. The zero-order chi connectivity index (χ0) is 10.7. The van der Waals surface area contributed by atoms with Crippen molar-refractivity contribution in [2.75, 3.05) is 26.2 Å². The van der Waals surface area contributed by atoms with Gasteiger partial charge in [0.25, 0.3) is 0 Å². The zero-order valence-electron chi connectivity index (χ0n) is 8.13. The normalized spacial score (nSPS) is 18.0. The van der Waals surface area contributed by atoms with E-state index in [0.717, 1.165) is 0 Å². The molecule has 0 atom stereocenters. The van der Waals surface area contributed by atoms with Crippen molar-refractivity contribution in [1.29, 1.82) is 0 Å². The molecule has 1 aromatic heterocycles. The minimum absolute atomic E-state index is 0.535. The smallest absolute Gasteiger partial charge is 0.407 e. The summed E-state index contributed by atoms with van der Waals surface area (Å²) in [6.45, 7) is 3.10. The third kappa shape index (κ3) is 2.40. The van der Waals surface area contributed by atoms with Crippen LogP contribution in [0.2, 0.25) is 0 Å². The highest BCUT2D eigenvalue weighted by Gasteiger charge is 2.20. The van der Waals surface area contributed by atoms with Gasteiger partial charge in [0.15, 0.2) is 5.82 Å². The second kappa shape index (κ2) is 4.22. The summed E-state index contributed by atoms with van der Waals surface area (Å²) in [5.74, 6) is 0.638. The van der Waals surface area contributed by atoms with Crippen molar-refractivity contribution in [3.05, 3.63) is 5.82 Å². The van der Waals surface area contributed by atoms with Crippen LogP contribution in [0.5, 0.6) is 0 Å². The second-order valence-corrected chi connectivity index (χ2v) is 3.37. The molecule has 0 saturated carbocycles. The van der Waals surface area contributed by atoms with Crippen LogP contribution >= 0.6 is 0 Å². The molecule has 2 rings (SSSR count). The van der Waals surface area contributed by atoms with E-state index in [4.69, 9.17) is 5.11 Å². The maximum atomic E-state index is 10.6. The molecule has 1 aromatic rings. The molecule has 8 nitrogen and oxygen atoms in total. The maximum absolute atomic E-state index is 10.6. The molecule has 2 N–H and O–H groups in total. The summed E-state index contributed by atoms with van der Waals surface area (Å²) in [6, 6.07) is 0. The number of aromatic nitrogens is 4. The summed E-state index contributed by atoms with van der Waals surface area (Å²) in [4.78, 5) is 14.2. The van der Waals surface area contributed by atoms with E-state index < -0.39 is 6.09 Å². The first kappa shape index (κ1) is 9.84. The van der Waals surface area contributed by atoms with Gasteiger partial charge in [-0.2, -0.15) is 5.21 Å². The van der Waals surface area contributed by atoms with E-state index in [1.807, 2.05) is 0 Å². The van der Waals surface area contributed by atoms with E-state index in [9.17, 15) is 4.79 Å². The van der Waals surface area contributed by atoms with Crippen molar-refractivity contribution in [2.45, 2.75) is 6.54 Å². The summed E-state index contributed by atoms with van der Waals surface area (Å²) in [7, 11) is 0. The first-order chi connectivity index (χ1) is 7.25. The van der Waals surface area contributed by atoms with Crippen molar-refractivity contribution < 1.29 is 9.90 Å². The number of nitrogens with zero attached hydrogens (tertiary/aromatic N) is 5. The van der Waals surface area contributed by atoms with Gasteiger partial charge < -0.3 is 10.0 Å². The van der Waals surface area contributed by atoms with Crippen LogP contribution in [-0.4, -0.2) is 67.8 Å². The Morgan fingerprint density at radius 1 is 1.40 bits per heavy atom. The Labute approximate surface area is 85.9 Å². The first-order valence-electron chi connectivity index (χ1n) is 4.68. The van der Waals surface area contributed by atoms with Crippen LogP contribution in [0.25, 0.3) is 0 Å². The van der Waals surface area contributed by atoms with Crippen molar-refractivity contribution in [1.82, 2.24) is 30.4 Å². The van der Waals surface area contributed by atoms with Gasteiger partial charge in [-0.25, -0.2) is 4.79 Å². The minimum Gasteiger partial charge on any atom is -0.465 e. The lowest BCUT2D eigenvalue weighted by molar-refractivity contribution is 0.102. The van der Waals surface area contributed by atoms with Gasteiger partial charge in [0.2, 0.25) is 0 Å². The Morgan fingerprint density at radius 3 is 2.67 bits per heavy atom. The standard InChI is InChI=1S/C7H12N6O2/c14-7(15)13-3-1-12(2-4-13)5-6-8-10-11-9-6/h1-5H2,(H,14,15)(H,8,9,10,11). The van der Waals surface area contributed by atoms with E-state index in [-0.39, 0.29) is 0 Å². The topological polar surface area (TPSA) is 98.2 Å². The average Bonchev–Trinajstić information content (AvgIpc) is 2.71. The second-order valence-electron chi connectivity index (χ2n) is 3.37. The first-order valence-corrected chi connectivity index (χ1v) is 4.68. The lowest BCUT2D eigenvalue weighted by Gasteiger charge is -2.32. The van der Waals surface area contributed by atoms with Crippen LogP contribution in [-0.2, 0) is 6.54 Å². The monoisotopic (exact) mass is 212 g/mol. The van der Waals surface area contributed by atoms with E-state index >= 15 is 0 Å². The summed E-state index contributed by atoms with van der Waals surface area (Å²) >= 11 is 0. The fraction of sp³-hybridized carbons (Fsp3) is 0.714. The molecular weight excluding hydrogens is 200 g/mol. The molecule has 0 unspecified atom stereocenters. The van der Waals surface area contributed by atoms with Crippen LogP contribution in [0.4, 0.5) is 4.79 Å². The molecule has 0 radical (unpaired) electrons. The average molecular weight is 212 g/mol. The van der Waals surface area contributed by atoms with E-state index in [0.29, 0.717) is 38.5 Å². The number of rotatable bonds is 2. The molecule has 1 aliphatic heterocycles. The van der Waals surface area contributed by atoms with Crippen LogP contribution < -0.4 is 0 Å². The number of amides is 1. The molecule has 82 valence electrons. The van der Waals surface area contributed by atoms with E-state index in [1.54, 1.807) is 0 Å². The van der Waals surface area contributed by atoms with Gasteiger partial charge in [-0.1, -0.05) is 5.21 Å². The predicted octanol–water partition coefficient (Wildman–Crippen LogP) is -1.00. The Hall–Kier alpha value is -1.70. The zero-order valence-corrected chi connectivity index (χ0v) is 8.13. The molecule has 0 aliphatic carbocycles. The van der Waals surface area contributed by atoms with Gasteiger partial charge in [0.1, 0.15) is 0 Å². The molecule has 8 heteroatoms. The molecule has 0 spiro atoms. The maximum Gasteiger partial charge on any atom is 0.407 e. The molecule has 1 amide bonds. The Kier molecular flexibility index (Phi) is 2.77. The highest BCUT2D eigenvalue weighted by Crippen LogP contribution is 2.04. The highest BCUT2D eigenvalue weighted by atomic mass is 16.4. The number of H-pyrrole nitrogens is 1. The molecule has 0 bridgehead atoms. The molecule has 1 fully saturated rings. The number of tetrazole rings is 1. The molecule has 0 aromatic carbocycles. The van der Waals surface area contributed by atoms with E-state index in [2.05, 4.69) is 25.5 Å². The van der Waals surface area contributed by atoms with Crippen LogP contribution in [0.3, 0.4) is 0 Å². The molecule has 1 saturated heterocycles. The molecule has 15 heavy (non-hydrogen) atoms. The van der Waals surface area contributed by atoms with Crippen LogP contribution in [0, 0.1) is 0 Å². The molecular formula is C7H12N6O2. The van der Waals surface area contributed by atoms with Gasteiger partial charge in [-0.05, 0) is 0 Å². The van der Waals surface area contributed by atoms with Crippen molar-refractivity contribution in [2.24, 2.45) is 0 Å². The Morgan fingerprint density at radius 2 is 2.13 bits per heavy atom. The summed E-state index contributed by atoms with van der Waals surface area (Å²) < 4.78 is 0. The third-order valence-corrected chi connectivity index (χ3v) is 2.40. The molecule has 2 heterocycles. The van der Waals surface area contributed by atoms with Crippen molar-refractivity contribution in [3.63, 3.8) is 0 Å². The van der Waals surface area contributed by atoms with Crippen LogP contribution in [0.1, 0.15) is 5.82 Å². The highest BCUT2D eigenvalue weighted by molar-refractivity contribution is 5.65. The Bertz CT molecular complexity index is 318. The number of carbonyl (C=O) groups is 1. The summed E-state index contributed by atoms with van der Waals surface area (Å²) in [5, 5.41) is 22.3. The van der Waals surface area contributed by atoms with Crippen LogP contribution in [0.15, 0.2) is 0 Å². The van der Waals surface area contributed by atoms with Gasteiger partial charge in [0, 0.05) is 26.2 Å². The van der Waals surface area contributed by atoms with Gasteiger partial charge >= 0.3 is 6.09 Å². The minimum atomic E-state index is -0.853. The van der Waals surface area contributed by atoms with Crippen molar-refractivity contribution in [3.8, 4) is 0 Å². The van der Waals surface area contributed by atoms with Gasteiger partial charge in [-0.3, -0.25) is 4.90 Å². The fourth-order valence-electron chi connectivity index (χ4n) is 1.55. The lowest BCUT2D eigenvalue weighted by Crippen LogP contribution is -2.47. The lowest BCUT2D eigenvalue weighted by atomic mass is 10.3. The summed E-state index contributed by atoms with van der Waals surface area (Å²) in [6.07, 6.45) is -0.853. The number of hydrogen-bond donors (Lipinski definition) is 2. The van der Waals surface area contributed by atoms with Crippen molar-refractivity contribution >= 4 is 6.09 Å². The number of hydrogen-bond acceptors (Lipinski definition) is 5. The van der Waals surface area contributed by atoms with Gasteiger partial charge in [0.05, 0.1) is 6.54 Å². The Balaban J connectivity index is 1.81.